The van der Waals surface area contributed by atoms with Crippen molar-refractivity contribution in [2.45, 2.75) is 58.5 Å². The third-order valence-electron chi connectivity index (χ3n) is 4.77. The van der Waals surface area contributed by atoms with Crippen LogP contribution in [0, 0.1) is 5.92 Å². The van der Waals surface area contributed by atoms with E-state index < -0.39 is 15.4 Å². The molecule has 2 rings (SSSR count). The van der Waals surface area contributed by atoms with Gasteiger partial charge in [0.25, 0.3) is 0 Å². The SMILES string of the molecule is CC(C)(C)OC(=O)N1CCC(CCS(=O)(=O)CCCc2ccncc2)CC1. The molecule has 7 heteroatoms. The second-order valence-corrected chi connectivity index (χ2v) is 10.6. The summed E-state index contributed by atoms with van der Waals surface area (Å²) < 4.78 is 30.0. The topological polar surface area (TPSA) is 76.6 Å². The minimum absolute atomic E-state index is 0.228. The molecule has 0 bridgehead atoms. The molecule has 6 nitrogen and oxygen atoms in total. The van der Waals surface area contributed by atoms with Crippen LogP contribution in [0.2, 0.25) is 0 Å². The second-order valence-electron chi connectivity index (χ2n) is 8.31. The molecule has 0 saturated carbocycles. The summed E-state index contributed by atoms with van der Waals surface area (Å²) >= 11 is 0. The van der Waals surface area contributed by atoms with E-state index in [1.807, 2.05) is 32.9 Å². The number of amides is 1. The summed E-state index contributed by atoms with van der Waals surface area (Å²) in [6.45, 7) is 6.86. The van der Waals surface area contributed by atoms with Gasteiger partial charge in [-0.05, 0) is 76.5 Å². The Morgan fingerprint density at radius 2 is 1.81 bits per heavy atom. The molecule has 1 amide bonds. The molecule has 1 aromatic heterocycles. The third kappa shape index (κ3) is 8.28. The molecule has 0 radical (unpaired) electrons. The lowest BCUT2D eigenvalue weighted by Gasteiger charge is -2.33. The number of piperidine rings is 1. The van der Waals surface area contributed by atoms with E-state index in [4.69, 9.17) is 4.74 Å². The van der Waals surface area contributed by atoms with Gasteiger partial charge in [-0.1, -0.05) is 0 Å². The van der Waals surface area contributed by atoms with Gasteiger partial charge in [0.2, 0.25) is 0 Å². The standard InChI is InChI=1S/C20H32N2O4S/c1-20(2,3)26-19(23)22-13-8-18(9-14-22)10-16-27(24,25)15-4-5-17-6-11-21-12-7-17/h6-7,11-12,18H,4-5,8-10,13-16H2,1-3H3. The van der Waals surface area contributed by atoms with Crippen molar-refractivity contribution in [2.75, 3.05) is 24.6 Å². The van der Waals surface area contributed by atoms with Gasteiger partial charge in [0.05, 0.1) is 11.5 Å². The van der Waals surface area contributed by atoms with Crippen LogP contribution < -0.4 is 0 Å². The van der Waals surface area contributed by atoms with Crippen LogP contribution in [0.15, 0.2) is 24.5 Å². The van der Waals surface area contributed by atoms with E-state index in [-0.39, 0.29) is 17.6 Å². The Morgan fingerprint density at radius 3 is 2.41 bits per heavy atom. The number of aromatic nitrogens is 1. The van der Waals surface area contributed by atoms with Crippen molar-refractivity contribution in [3.8, 4) is 0 Å². The summed E-state index contributed by atoms with van der Waals surface area (Å²) in [4.78, 5) is 17.8. The van der Waals surface area contributed by atoms with Crippen LogP contribution in [0.3, 0.4) is 0 Å². The average molecular weight is 397 g/mol. The second kappa shape index (κ2) is 9.53. The number of pyridine rings is 1. The number of likely N-dealkylation sites (tertiary alicyclic amines) is 1. The predicted molar refractivity (Wildman–Crippen MR) is 106 cm³/mol. The first-order valence-corrected chi connectivity index (χ1v) is 11.5. The summed E-state index contributed by atoms with van der Waals surface area (Å²) in [5.41, 5.74) is 0.632. The van der Waals surface area contributed by atoms with Gasteiger partial charge < -0.3 is 9.64 Å². The van der Waals surface area contributed by atoms with E-state index in [1.54, 1.807) is 17.3 Å². The molecule has 0 aliphatic carbocycles. The molecule has 2 heterocycles. The number of carbonyl (C=O) groups is 1. The number of carbonyl (C=O) groups excluding carboxylic acids is 1. The molecule has 152 valence electrons. The van der Waals surface area contributed by atoms with E-state index >= 15 is 0 Å². The Bertz CT molecular complexity index is 690. The fourth-order valence-electron chi connectivity index (χ4n) is 3.22. The lowest BCUT2D eigenvalue weighted by atomic mass is 9.95. The lowest BCUT2D eigenvalue weighted by molar-refractivity contribution is 0.0183. The molecular formula is C20H32N2O4S. The van der Waals surface area contributed by atoms with Crippen molar-refractivity contribution in [1.82, 2.24) is 9.88 Å². The number of rotatable bonds is 7. The van der Waals surface area contributed by atoms with Crippen LogP contribution in [0.1, 0.15) is 52.0 Å². The Balaban J connectivity index is 1.67. The minimum Gasteiger partial charge on any atom is -0.444 e. The van der Waals surface area contributed by atoms with Gasteiger partial charge in [0.15, 0.2) is 0 Å². The summed E-state index contributed by atoms with van der Waals surface area (Å²) in [7, 11) is -3.03. The predicted octanol–water partition coefficient (Wildman–Crippen LogP) is 3.47. The van der Waals surface area contributed by atoms with Crippen LogP contribution in [0.5, 0.6) is 0 Å². The van der Waals surface area contributed by atoms with Crippen molar-refractivity contribution < 1.29 is 17.9 Å². The Kier molecular flexibility index (Phi) is 7.65. The van der Waals surface area contributed by atoms with E-state index in [9.17, 15) is 13.2 Å². The molecule has 0 N–H and O–H groups in total. The maximum absolute atomic E-state index is 12.3. The molecule has 0 unspecified atom stereocenters. The molecule has 0 atom stereocenters. The van der Waals surface area contributed by atoms with E-state index in [0.29, 0.717) is 31.8 Å². The molecule has 1 aromatic rings. The smallest absolute Gasteiger partial charge is 0.410 e. The zero-order chi connectivity index (χ0) is 19.9. The molecule has 0 spiro atoms. The molecule has 27 heavy (non-hydrogen) atoms. The summed E-state index contributed by atoms with van der Waals surface area (Å²) in [6, 6.07) is 3.84. The summed E-state index contributed by atoms with van der Waals surface area (Å²) in [5, 5.41) is 0. The van der Waals surface area contributed by atoms with Gasteiger partial charge in [-0.15, -0.1) is 0 Å². The van der Waals surface area contributed by atoms with Gasteiger partial charge in [0, 0.05) is 25.5 Å². The van der Waals surface area contributed by atoms with Crippen molar-refractivity contribution in [1.29, 1.82) is 0 Å². The minimum atomic E-state index is -3.03. The highest BCUT2D eigenvalue weighted by Crippen LogP contribution is 2.23. The Hall–Kier alpha value is -1.63. The third-order valence-corrected chi connectivity index (χ3v) is 6.54. The first-order valence-electron chi connectivity index (χ1n) is 9.72. The molecule has 1 aliphatic rings. The zero-order valence-corrected chi connectivity index (χ0v) is 17.5. The number of sulfone groups is 1. The van der Waals surface area contributed by atoms with Gasteiger partial charge in [-0.25, -0.2) is 13.2 Å². The number of nitrogens with zero attached hydrogens (tertiary/aromatic N) is 2. The quantitative estimate of drug-likeness (QED) is 0.705. The fraction of sp³-hybridized carbons (Fsp3) is 0.700. The molecule has 1 saturated heterocycles. The normalized spacial score (nSPS) is 16.3. The number of aryl methyl sites for hydroxylation is 1. The lowest BCUT2D eigenvalue weighted by Crippen LogP contribution is -2.42. The number of hydrogen-bond donors (Lipinski definition) is 0. The fourth-order valence-corrected chi connectivity index (χ4v) is 4.71. The van der Waals surface area contributed by atoms with Crippen LogP contribution >= 0.6 is 0 Å². The highest BCUT2D eigenvalue weighted by molar-refractivity contribution is 7.91. The van der Waals surface area contributed by atoms with E-state index in [2.05, 4.69) is 4.98 Å². The van der Waals surface area contributed by atoms with Gasteiger partial charge >= 0.3 is 6.09 Å². The Morgan fingerprint density at radius 1 is 1.19 bits per heavy atom. The summed E-state index contributed by atoms with van der Waals surface area (Å²) in [5.74, 6) is 0.825. The number of hydrogen-bond acceptors (Lipinski definition) is 5. The van der Waals surface area contributed by atoms with Gasteiger partial charge in [0.1, 0.15) is 15.4 Å². The van der Waals surface area contributed by atoms with Gasteiger partial charge in [-0.3, -0.25) is 4.98 Å². The maximum atomic E-state index is 12.3. The summed E-state index contributed by atoms with van der Waals surface area (Å²) in [6.07, 6.45) is 6.95. The molecular weight excluding hydrogens is 364 g/mol. The molecule has 1 fully saturated rings. The average Bonchev–Trinajstić information content (AvgIpc) is 2.60. The highest BCUT2D eigenvalue weighted by Gasteiger charge is 2.27. The monoisotopic (exact) mass is 396 g/mol. The van der Waals surface area contributed by atoms with Gasteiger partial charge in [-0.2, -0.15) is 0 Å². The van der Waals surface area contributed by atoms with Crippen LogP contribution in [0.25, 0.3) is 0 Å². The van der Waals surface area contributed by atoms with Crippen molar-refractivity contribution in [3.05, 3.63) is 30.1 Å². The van der Waals surface area contributed by atoms with E-state index in [1.165, 1.54) is 0 Å². The van der Waals surface area contributed by atoms with Crippen molar-refractivity contribution >= 4 is 15.9 Å². The maximum Gasteiger partial charge on any atom is 0.410 e. The molecule has 1 aliphatic heterocycles. The van der Waals surface area contributed by atoms with E-state index in [0.717, 1.165) is 24.8 Å². The first-order chi connectivity index (χ1) is 12.6. The van der Waals surface area contributed by atoms with Crippen LogP contribution in [-0.2, 0) is 21.0 Å². The largest absolute Gasteiger partial charge is 0.444 e. The Labute approximate surface area is 163 Å². The highest BCUT2D eigenvalue weighted by atomic mass is 32.2. The molecule has 0 aromatic carbocycles. The van der Waals surface area contributed by atoms with Crippen molar-refractivity contribution in [3.63, 3.8) is 0 Å². The number of ether oxygens (including phenoxy) is 1. The first kappa shape index (κ1) is 21.7. The zero-order valence-electron chi connectivity index (χ0n) is 16.7. The van der Waals surface area contributed by atoms with Crippen LogP contribution in [0.4, 0.5) is 4.79 Å². The van der Waals surface area contributed by atoms with Crippen LogP contribution in [-0.4, -0.2) is 54.6 Å². The van der Waals surface area contributed by atoms with Crippen molar-refractivity contribution in [2.24, 2.45) is 5.92 Å².